The number of hydrogen-bond donors (Lipinski definition) is 0. The average molecular weight is 152 g/mol. The predicted molar refractivity (Wildman–Crippen MR) is 31.3 cm³/mol. The molecule has 40 valence electrons. The Kier molecular flexibility index (Phi) is 35.7. The van der Waals surface area contributed by atoms with E-state index in [9.17, 15) is 0 Å². The Labute approximate surface area is 60.5 Å². The van der Waals surface area contributed by atoms with Crippen LogP contribution < -0.4 is 0 Å². The summed E-state index contributed by atoms with van der Waals surface area (Å²) in [5, 5.41) is 0. The summed E-state index contributed by atoms with van der Waals surface area (Å²) in [5.74, 6) is 0. The van der Waals surface area contributed by atoms with Gasteiger partial charge in [-0.05, 0) is 0 Å². The van der Waals surface area contributed by atoms with Gasteiger partial charge in [-0.25, -0.2) is 0 Å². The van der Waals surface area contributed by atoms with Crippen molar-refractivity contribution in [3.05, 3.63) is 14.4 Å². The SMILES string of the molecule is [CH2-]CCCC.[CH3-].[Zn+2]. The van der Waals surface area contributed by atoms with E-state index in [2.05, 4.69) is 13.8 Å². The molecule has 0 aliphatic rings. The van der Waals surface area contributed by atoms with Crippen LogP contribution in [0, 0.1) is 14.4 Å². The molecule has 0 saturated carbocycles. The summed E-state index contributed by atoms with van der Waals surface area (Å²) in [6, 6.07) is 0. The van der Waals surface area contributed by atoms with Crippen LogP contribution >= 0.6 is 0 Å². The minimum atomic E-state index is 0. The maximum atomic E-state index is 3.68. The van der Waals surface area contributed by atoms with Crippen molar-refractivity contribution in [3.8, 4) is 0 Å². The summed E-state index contributed by atoms with van der Waals surface area (Å²) in [6.45, 7) is 5.85. The molecular formula is C6H14Zn. The maximum Gasteiger partial charge on any atom is 2.00 e. The minimum absolute atomic E-state index is 0. The molecule has 0 saturated heterocycles. The van der Waals surface area contributed by atoms with Crippen molar-refractivity contribution >= 4 is 0 Å². The van der Waals surface area contributed by atoms with Crippen molar-refractivity contribution in [3.63, 3.8) is 0 Å². The third-order valence-corrected chi connectivity index (χ3v) is 0.604. The van der Waals surface area contributed by atoms with Crippen LogP contribution in [-0.2, 0) is 19.5 Å². The van der Waals surface area contributed by atoms with Gasteiger partial charge < -0.3 is 14.4 Å². The van der Waals surface area contributed by atoms with E-state index in [0.29, 0.717) is 0 Å². The van der Waals surface area contributed by atoms with E-state index in [-0.39, 0.29) is 26.9 Å². The zero-order valence-electron chi connectivity index (χ0n) is 5.54. The van der Waals surface area contributed by atoms with Crippen molar-refractivity contribution < 1.29 is 19.5 Å². The van der Waals surface area contributed by atoms with Gasteiger partial charge in [0, 0.05) is 0 Å². The monoisotopic (exact) mass is 150 g/mol. The molecule has 0 amide bonds. The number of rotatable bonds is 2. The predicted octanol–water partition coefficient (Wildman–Crippen LogP) is 2.46. The van der Waals surface area contributed by atoms with Crippen LogP contribution in [0.5, 0.6) is 0 Å². The molecule has 0 heterocycles. The Morgan fingerprint density at radius 2 is 1.86 bits per heavy atom. The first-order chi connectivity index (χ1) is 2.41. The summed E-state index contributed by atoms with van der Waals surface area (Å²) in [6.07, 6.45) is 3.65. The van der Waals surface area contributed by atoms with Crippen LogP contribution in [-0.4, -0.2) is 0 Å². The van der Waals surface area contributed by atoms with Gasteiger partial charge >= 0.3 is 19.5 Å². The van der Waals surface area contributed by atoms with Gasteiger partial charge in [0.2, 0.25) is 0 Å². The van der Waals surface area contributed by atoms with Crippen molar-refractivity contribution in [2.24, 2.45) is 0 Å². The normalized spacial score (nSPS) is 6.00. The van der Waals surface area contributed by atoms with E-state index >= 15 is 0 Å². The summed E-state index contributed by atoms with van der Waals surface area (Å²) < 4.78 is 0. The van der Waals surface area contributed by atoms with Crippen LogP contribution in [0.25, 0.3) is 0 Å². The summed E-state index contributed by atoms with van der Waals surface area (Å²) >= 11 is 0. The first-order valence-corrected chi connectivity index (χ1v) is 2.21. The molecule has 0 aliphatic carbocycles. The van der Waals surface area contributed by atoms with Gasteiger partial charge in [0.05, 0.1) is 0 Å². The first kappa shape index (κ1) is 15.6. The Morgan fingerprint density at radius 1 is 1.43 bits per heavy atom. The maximum absolute atomic E-state index is 3.68. The zero-order valence-corrected chi connectivity index (χ0v) is 8.50. The van der Waals surface area contributed by atoms with Crippen LogP contribution in [0.15, 0.2) is 0 Å². The summed E-state index contributed by atoms with van der Waals surface area (Å²) in [7, 11) is 0. The largest absolute Gasteiger partial charge is 2.00 e. The first-order valence-electron chi connectivity index (χ1n) is 2.21. The van der Waals surface area contributed by atoms with E-state index in [4.69, 9.17) is 0 Å². The zero-order chi connectivity index (χ0) is 4.12. The molecule has 7 heavy (non-hydrogen) atoms. The Hall–Kier alpha value is 0.623. The molecule has 0 aromatic rings. The summed E-state index contributed by atoms with van der Waals surface area (Å²) in [5.41, 5.74) is 0. The van der Waals surface area contributed by atoms with Gasteiger partial charge in [-0.15, -0.1) is 0 Å². The topological polar surface area (TPSA) is 0 Å². The molecule has 0 radical (unpaired) electrons. The molecule has 0 unspecified atom stereocenters. The molecule has 0 nitrogen and oxygen atoms in total. The molecule has 0 aliphatic heterocycles. The van der Waals surface area contributed by atoms with Gasteiger partial charge in [-0.2, -0.15) is 6.42 Å². The second-order valence-corrected chi connectivity index (χ2v) is 1.21. The molecule has 0 aromatic carbocycles. The number of hydrogen-bond acceptors (Lipinski definition) is 0. The fourth-order valence-electron chi connectivity index (χ4n) is 0.250. The molecule has 0 N–H and O–H groups in total. The van der Waals surface area contributed by atoms with Crippen LogP contribution in [0.4, 0.5) is 0 Å². The van der Waals surface area contributed by atoms with Crippen molar-refractivity contribution in [2.75, 3.05) is 0 Å². The van der Waals surface area contributed by atoms with Crippen LogP contribution in [0.1, 0.15) is 26.2 Å². The fourth-order valence-corrected chi connectivity index (χ4v) is 0.250. The van der Waals surface area contributed by atoms with E-state index in [0.717, 1.165) is 6.42 Å². The average Bonchev–Trinajstić information content (AvgIpc) is 1.41. The third kappa shape index (κ3) is 20.6. The standard InChI is InChI=1S/C5H11.CH3.Zn/c1-3-5-4-2;;/h1,3-5H2,2H3;1H3;/q2*-1;+2. The molecule has 0 atom stereocenters. The van der Waals surface area contributed by atoms with E-state index in [1.807, 2.05) is 0 Å². The minimum Gasteiger partial charge on any atom is -0.358 e. The van der Waals surface area contributed by atoms with Gasteiger partial charge in [0.25, 0.3) is 0 Å². The van der Waals surface area contributed by atoms with E-state index < -0.39 is 0 Å². The second kappa shape index (κ2) is 16.0. The summed E-state index contributed by atoms with van der Waals surface area (Å²) in [4.78, 5) is 0. The quantitative estimate of drug-likeness (QED) is 0.420. The Morgan fingerprint density at radius 3 is 1.86 bits per heavy atom. The van der Waals surface area contributed by atoms with Crippen molar-refractivity contribution in [1.29, 1.82) is 0 Å². The smallest absolute Gasteiger partial charge is 0.358 e. The molecule has 0 fully saturated rings. The van der Waals surface area contributed by atoms with Crippen LogP contribution in [0.3, 0.4) is 0 Å². The van der Waals surface area contributed by atoms with Crippen molar-refractivity contribution in [2.45, 2.75) is 26.2 Å². The van der Waals surface area contributed by atoms with E-state index in [1.54, 1.807) is 0 Å². The molecule has 0 spiro atoms. The Balaban J connectivity index is -0.0000000800. The molecule has 1 heteroatoms. The third-order valence-electron chi connectivity index (χ3n) is 0.604. The molecule has 0 bridgehead atoms. The number of unbranched alkanes of at least 4 members (excludes halogenated alkanes) is 2. The van der Waals surface area contributed by atoms with Gasteiger partial charge in [0.15, 0.2) is 0 Å². The van der Waals surface area contributed by atoms with Gasteiger partial charge in [-0.1, -0.05) is 19.8 Å². The van der Waals surface area contributed by atoms with Gasteiger partial charge in [0.1, 0.15) is 0 Å². The molecule has 0 rings (SSSR count). The fraction of sp³-hybridized carbons (Fsp3) is 0.667. The molecule has 0 aromatic heterocycles. The Bertz CT molecular complexity index is 11.7. The van der Waals surface area contributed by atoms with E-state index in [1.165, 1.54) is 12.8 Å². The molecular weight excluding hydrogens is 137 g/mol. The second-order valence-electron chi connectivity index (χ2n) is 1.21. The van der Waals surface area contributed by atoms with Gasteiger partial charge in [-0.3, -0.25) is 0 Å². The van der Waals surface area contributed by atoms with Crippen LogP contribution in [0.2, 0.25) is 0 Å². The van der Waals surface area contributed by atoms with Crippen molar-refractivity contribution in [1.82, 2.24) is 0 Å².